The molecule has 0 radical (unpaired) electrons. The lowest BCUT2D eigenvalue weighted by molar-refractivity contribution is -0.140. The molecule has 24 heavy (non-hydrogen) atoms. The zero-order chi connectivity index (χ0) is 17.5. The summed E-state index contributed by atoms with van der Waals surface area (Å²) in [6.07, 6.45) is 2.15. The number of hydrogen-bond acceptors (Lipinski definition) is 3. The number of rotatable bonds is 2. The molecule has 1 aliphatic heterocycles. The maximum Gasteiger partial charge on any atom is 0.419 e. The van der Waals surface area contributed by atoms with E-state index in [1.165, 1.54) is 37.5 Å². The van der Waals surface area contributed by atoms with E-state index >= 15 is 0 Å². The first-order chi connectivity index (χ1) is 11.3. The molecule has 0 spiro atoms. The van der Waals surface area contributed by atoms with E-state index in [1.54, 1.807) is 0 Å². The normalized spacial score (nSPS) is 16.4. The topological polar surface area (TPSA) is 64.6 Å². The molecule has 0 saturated heterocycles. The first-order valence-electron chi connectivity index (χ1n) is 6.92. The average molecular weight is 336 g/mol. The minimum absolute atomic E-state index is 0.174. The molecule has 0 bridgehead atoms. The van der Waals surface area contributed by atoms with Gasteiger partial charge in [0.1, 0.15) is 5.82 Å². The summed E-state index contributed by atoms with van der Waals surface area (Å²) in [5.41, 5.74) is -0.588. The van der Waals surface area contributed by atoms with E-state index in [0.29, 0.717) is 5.70 Å². The van der Waals surface area contributed by atoms with E-state index in [0.717, 1.165) is 6.07 Å². The fourth-order valence-electron chi connectivity index (χ4n) is 2.59. The van der Waals surface area contributed by atoms with Gasteiger partial charge in [-0.15, -0.1) is 0 Å². The number of aromatic amines is 1. The lowest BCUT2D eigenvalue weighted by Crippen LogP contribution is -2.14. The minimum atomic E-state index is -4.86. The van der Waals surface area contributed by atoms with Crippen LogP contribution in [0.5, 0.6) is 0 Å². The van der Waals surface area contributed by atoms with Crippen molar-refractivity contribution in [3.63, 3.8) is 0 Å². The Bertz CT molecular complexity index is 916. The van der Waals surface area contributed by atoms with Crippen LogP contribution in [0.15, 0.2) is 42.4 Å². The van der Waals surface area contributed by atoms with Crippen molar-refractivity contribution in [3.05, 3.63) is 59.3 Å². The number of hydrogen-bond donors (Lipinski definition) is 3. The van der Waals surface area contributed by atoms with E-state index in [4.69, 9.17) is 5.41 Å². The molecule has 0 fully saturated rings. The SMILES string of the molecule is CC(=N)/C=C1/C=C(c2c(C(F)(F)F)c(F)cc3[nH]ncc23)C=CN1. The van der Waals surface area contributed by atoms with Gasteiger partial charge in [-0.25, -0.2) is 4.39 Å². The Kier molecular flexibility index (Phi) is 3.75. The first-order valence-corrected chi connectivity index (χ1v) is 6.92. The molecule has 4 nitrogen and oxygen atoms in total. The second-order valence-electron chi connectivity index (χ2n) is 5.30. The number of benzene rings is 1. The Morgan fingerprint density at radius 3 is 2.75 bits per heavy atom. The summed E-state index contributed by atoms with van der Waals surface area (Å²) in [4.78, 5) is 0. The lowest BCUT2D eigenvalue weighted by atomic mass is 9.93. The van der Waals surface area contributed by atoms with Crippen molar-refractivity contribution < 1.29 is 17.6 Å². The predicted molar refractivity (Wildman–Crippen MR) is 82.8 cm³/mol. The summed E-state index contributed by atoms with van der Waals surface area (Å²) in [5, 5.41) is 16.7. The Labute approximate surface area is 134 Å². The highest BCUT2D eigenvalue weighted by molar-refractivity contribution is 5.98. The van der Waals surface area contributed by atoms with Gasteiger partial charge in [0.25, 0.3) is 0 Å². The van der Waals surface area contributed by atoms with Crippen LogP contribution < -0.4 is 5.32 Å². The predicted octanol–water partition coefficient (Wildman–Crippen LogP) is 4.14. The fraction of sp³-hybridized carbons (Fsp3) is 0.125. The highest BCUT2D eigenvalue weighted by Gasteiger charge is 2.39. The molecule has 0 saturated carbocycles. The van der Waals surface area contributed by atoms with Gasteiger partial charge < -0.3 is 10.7 Å². The van der Waals surface area contributed by atoms with Crippen molar-refractivity contribution in [2.24, 2.45) is 0 Å². The number of H-pyrrole nitrogens is 1. The van der Waals surface area contributed by atoms with Crippen LogP contribution in [-0.2, 0) is 6.18 Å². The summed E-state index contributed by atoms with van der Waals surface area (Å²) in [6, 6.07) is 0.790. The van der Waals surface area contributed by atoms with Crippen LogP contribution >= 0.6 is 0 Å². The number of fused-ring (bicyclic) bond motifs is 1. The Balaban J connectivity index is 2.32. The molecule has 0 unspecified atom stereocenters. The van der Waals surface area contributed by atoms with Crippen molar-refractivity contribution in [1.82, 2.24) is 15.5 Å². The molecule has 0 atom stereocenters. The van der Waals surface area contributed by atoms with Crippen molar-refractivity contribution >= 4 is 22.2 Å². The number of aromatic nitrogens is 2. The summed E-state index contributed by atoms with van der Waals surface area (Å²) >= 11 is 0. The number of allylic oxidation sites excluding steroid dienone is 4. The molecule has 2 heterocycles. The zero-order valence-electron chi connectivity index (χ0n) is 12.4. The van der Waals surface area contributed by atoms with Gasteiger partial charge in [-0.1, -0.05) is 0 Å². The number of dihydropyridines is 1. The van der Waals surface area contributed by atoms with Gasteiger partial charge in [-0.05, 0) is 30.7 Å². The fourth-order valence-corrected chi connectivity index (χ4v) is 2.59. The quantitative estimate of drug-likeness (QED) is 0.570. The van der Waals surface area contributed by atoms with Crippen LogP contribution in [0.1, 0.15) is 18.1 Å². The molecule has 1 aliphatic rings. The van der Waals surface area contributed by atoms with E-state index in [9.17, 15) is 17.6 Å². The Hall–Kier alpha value is -2.90. The van der Waals surface area contributed by atoms with Gasteiger partial charge in [0.05, 0.1) is 17.3 Å². The van der Waals surface area contributed by atoms with Gasteiger partial charge >= 0.3 is 6.18 Å². The van der Waals surface area contributed by atoms with Crippen LogP contribution in [-0.4, -0.2) is 15.9 Å². The van der Waals surface area contributed by atoms with Crippen LogP contribution in [0.3, 0.4) is 0 Å². The summed E-state index contributed by atoms with van der Waals surface area (Å²) in [7, 11) is 0. The van der Waals surface area contributed by atoms with Crippen LogP contribution in [0.25, 0.3) is 16.5 Å². The molecular weight excluding hydrogens is 324 g/mol. The van der Waals surface area contributed by atoms with Gasteiger partial charge in [0, 0.05) is 34.6 Å². The molecule has 8 heteroatoms. The molecule has 2 aromatic rings. The van der Waals surface area contributed by atoms with Crippen molar-refractivity contribution in [2.45, 2.75) is 13.1 Å². The maximum atomic E-state index is 14.1. The molecule has 0 amide bonds. The van der Waals surface area contributed by atoms with Crippen LogP contribution in [0.2, 0.25) is 0 Å². The van der Waals surface area contributed by atoms with E-state index in [2.05, 4.69) is 15.5 Å². The van der Waals surface area contributed by atoms with Gasteiger partial charge in [-0.2, -0.15) is 18.3 Å². The lowest BCUT2D eigenvalue weighted by Gasteiger charge is -2.18. The van der Waals surface area contributed by atoms with Gasteiger partial charge in [0.2, 0.25) is 0 Å². The number of nitrogens with one attached hydrogen (secondary N) is 3. The molecule has 1 aromatic heterocycles. The second-order valence-corrected chi connectivity index (χ2v) is 5.30. The van der Waals surface area contributed by atoms with E-state index in [1.807, 2.05) is 0 Å². The third-order valence-corrected chi connectivity index (χ3v) is 3.47. The van der Waals surface area contributed by atoms with Crippen LogP contribution in [0, 0.1) is 11.2 Å². The molecule has 3 rings (SSSR count). The van der Waals surface area contributed by atoms with Crippen molar-refractivity contribution in [2.75, 3.05) is 0 Å². The zero-order valence-corrected chi connectivity index (χ0v) is 12.4. The van der Waals surface area contributed by atoms with Gasteiger partial charge in [-0.3, -0.25) is 5.10 Å². The smallest absolute Gasteiger partial charge is 0.362 e. The average Bonchev–Trinajstić information content (AvgIpc) is 2.91. The number of nitrogens with zero attached hydrogens (tertiary/aromatic N) is 1. The molecule has 1 aromatic carbocycles. The summed E-state index contributed by atoms with van der Waals surface area (Å²) in [6.45, 7) is 1.54. The highest BCUT2D eigenvalue weighted by Crippen LogP contribution is 2.41. The molecule has 0 aliphatic carbocycles. The van der Waals surface area contributed by atoms with Crippen molar-refractivity contribution in [1.29, 1.82) is 5.41 Å². The molecular formula is C16H12F4N4. The summed E-state index contributed by atoms with van der Waals surface area (Å²) < 4.78 is 54.4. The maximum absolute atomic E-state index is 14.1. The third kappa shape index (κ3) is 2.82. The largest absolute Gasteiger partial charge is 0.419 e. The van der Waals surface area contributed by atoms with E-state index < -0.39 is 17.6 Å². The van der Waals surface area contributed by atoms with Gasteiger partial charge in [0.15, 0.2) is 0 Å². The van der Waals surface area contributed by atoms with Crippen molar-refractivity contribution in [3.8, 4) is 0 Å². The monoisotopic (exact) mass is 336 g/mol. The first kappa shape index (κ1) is 16.0. The molecule has 3 N–H and O–H groups in total. The van der Waals surface area contributed by atoms with Crippen LogP contribution in [0.4, 0.5) is 17.6 Å². The minimum Gasteiger partial charge on any atom is -0.362 e. The van der Waals surface area contributed by atoms with E-state index in [-0.39, 0.29) is 27.8 Å². The summed E-state index contributed by atoms with van der Waals surface area (Å²) in [5.74, 6) is -1.36. The second kappa shape index (κ2) is 5.63. The number of alkyl halides is 3. The Morgan fingerprint density at radius 1 is 1.33 bits per heavy atom. The standard InChI is InChI=1S/C16H12F4N4/c1-8(21)4-10-5-9(2-3-22-10)14-11-7-23-24-13(11)6-12(17)15(14)16(18,19)20/h2-7,21-22H,1H3,(H,23,24)/b10-4-,21-8?. The highest BCUT2D eigenvalue weighted by atomic mass is 19.4. The number of halogens is 4. The molecule has 124 valence electrons. The Morgan fingerprint density at radius 2 is 2.08 bits per heavy atom. The third-order valence-electron chi connectivity index (χ3n) is 3.47.